The molecule has 22 heavy (non-hydrogen) atoms. The quantitative estimate of drug-likeness (QED) is 0.754. The molecule has 0 fully saturated rings. The van der Waals surface area contributed by atoms with Gasteiger partial charge in [-0.05, 0) is 31.4 Å². The molecule has 5 nitrogen and oxygen atoms in total. The van der Waals surface area contributed by atoms with Crippen LogP contribution in [0, 0.1) is 6.92 Å². The van der Waals surface area contributed by atoms with E-state index in [0.29, 0.717) is 5.69 Å². The van der Waals surface area contributed by atoms with Crippen LogP contribution in [0.2, 0.25) is 0 Å². The van der Waals surface area contributed by atoms with E-state index < -0.39 is 5.97 Å². The Morgan fingerprint density at radius 2 is 1.95 bits per heavy atom. The van der Waals surface area contributed by atoms with Crippen molar-refractivity contribution in [2.75, 3.05) is 13.1 Å². The molecule has 0 aliphatic heterocycles. The molecule has 0 unspecified atom stereocenters. The number of carbonyl (C=O) groups is 1. The summed E-state index contributed by atoms with van der Waals surface area (Å²) in [4.78, 5) is 17.0. The fourth-order valence-electron chi connectivity index (χ4n) is 2.96. The molecule has 0 bridgehead atoms. The van der Waals surface area contributed by atoms with Crippen LogP contribution in [0.15, 0.2) is 18.3 Å². The minimum atomic E-state index is -1.08. The van der Waals surface area contributed by atoms with E-state index in [4.69, 9.17) is 0 Å². The SMILES string of the molecule is CCC[NH+](CCC)Cc1c(CC(=O)[O-])nc2ccc(C)cn12. The van der Waals surface area contributed by atoms with Crippen LogP contribution in [0.4, 0.5) is 0 Å². The summed E-state index contributed by atoms with van der Waals surface area (Å²) in [6.45, 7) is 9.35. The molecular weight excluding hydrogens is 278 g/mol. The average molecular weight is 303 g/mol. The summed E-state index contributed by atoms with van der Waals surface area (Å²) in [7, 11) is 0. The zero-order valence-electron chi connectivity index (χ0n) is 13.7. The molecule has 0 atom stereocenters. The molecule has 2 rings (SSSR count). The van der Waals surface area contributed by atoms with Gasteiger partial charge in [-0.1, -0.05) is 19.9 Å². The Morgan fingerprint density at radius 3 is 2.55 bits per heavy atom. The second kappa shape index (κ2) is 7.40. The maximum atomic E-state index is 11.0. The van der Waals surface area contributed by atoms with Crippen molar-refractivity contribution in [3.05, 3.63) is 35.3 Å². The molecule has 120 valence electrons. The number of hydrogen-bond acceptors (Lipinski definition) is 3. The highest BCUT2D eigenvalue weighted by molar-refractivity contribution is 5.68. The van der Waals surface area contributed by atoms with Crippen molar-refractivity contribution >= 4 is 11.6 Å². The van der Waals surface area contributed by atoms with Crippen molar-refractivity contribution in [3.63, 3.8) is 0 Å². The van der Waals surface area contributed by atoms with Gasteiger partial charge in [0.15, 0.2) is 0 Å². The van der Waals surface area contributed by atoms with Gasteiger partial charge in [0.2, 0.25) is 0 Å². The van der Waals surface area contributed by atoms with Crippen molar-refractivity contribution < 1.29 is 14.8 Å². The molecule has 0 aromatic carbocycles. The number of carboxylic acids is 1. The van der Waals surface area contributed by atoms with E-state index in [9.17, 15) is 9.90 Å². The van der Waals surface area contributed by atoms with Crippen LogP contribution >= 0.6 is 0 Å². The molecule has 0 amide bonds. The summed E-state index contributed by atoms with van der Waals surface area (Å²) < 4.78 is 2.04. The highest BCUT2D eigenvalue weighted by Gasteiger charge is 2.17. The summed E-state index contributed by atoms with van der Waals surface area (Å²) in [5, 5.41) is 11.0. The monoisotopic (exact) mass is 303 g/mol. The number of hydrogen-bond donors (Lipinski definition) is 1. The summed E-state index contributed by atoms with van der Waals surface area (Å²) in [6.07, 6.45) is 4.13. The number of rotatable bonds is 8. The van der Waals surface area contributed by atoms with Crippen LogP contribution in [0.5, 0.6) is 0 Å². The van der Waals surface area contributed by atoms with Gasteiger partial charge in [0.05, 0.1) is 18.8 Å². The zero-order chi connectivity index (χ0) is 16.1. The van der Waals surface area contributed by atoms with E-state index in [2.05, 4.69) is 18.8 Å². The largest absolute Gasteiger partial charge is 0.550 e. The highest BCUT2D eigenvalue weighted by atomic mass is 16.4. The third kappa shape index (κ3) is 3.85. The Hall–Kier alpha value is -1.88. The molecule has 2 aromatic rings. The molecule has 0 aliphatic rings. The normalized spacial score (nSPS) is 11.5. The molecule has 0 radical (unpaired) electrons. The lowest BCUT2D eigenvalue weighted by Gasteiger charge is -2.19. The standard InChI is InChI=1S/C17H25N3O2/c1-4-8-19(9-5-2)12-15-14(10-17(21)22)18-16-7-6-13(3)11-20(15)16/h6-7,11H,4-5,8-10,12H2,1-3H3,(H,21,22). The van der Waals surface area contributed by atoms with Crippen molar-refractivity contribution in [1.82, 2.24) is 9.38 Å². The number of fused-ring (bicyclic) bond motifs is 1. The van der Waals surface area contributed by atoms with Crippen LogP contribution in [0.1, 0.15) is 43.6 Å². The predicted octanol–water partition coefficient (Wildman–Crippen LogP) is 0.140. The van der Waals surface area contributed by atoms with E-state index in [1.54, 1.807) is 0 Å². The Balaban J connectivity index is 2.42. The van der Waals surface area contributed by atoms with Gasteiger partial charge in [0.25, 0.3) is 0 Å². The van der Waals surface area contributed by atoms with Crippen molar-refractivity contribution in [3.8, 4) is 0 Å². The fourth-order valence-corrected chi connectivity index (χ4v) is 2.96. The first kappa shape index (κ1) is 16.5. The lowest BCUT2D eigenvalue weighted by molar-refractivity contribution is -0.914. The Kier molecular flexibility index (Phi) is 5.55. The number of imidazole rings is 1. The van der Waals surface area contributed by atoms with E-state index in [1.807, 2.05) is 29.7 Å². The molecule has 2 heterocycles. The minimum Gasteiger partial charge on any atom is -0.550 e. The third-order valence-corrected chi connectivity index (χ3v) is 3.88. The first-order chi connectivity index (χ1) is 10.5. The molecule has 2 aromatic heterocycles. The second-order valence-electron chi connectivity index (χ2n) is 5.92. The molecule has 5 heteroatoms. The van der Waals surface area contributed by atoms with E-state index >= 15 is 0 Å². The van der Waals surface area contributed by atoms with Crippen molar-refractivity contribution in [1.29, 1.82) is 0 Å². The lowest BCUT2D eigenvalue weighted by atomic mass is 10.2. The summed E-state index contributed by atoms with van der Waals surface area (Å²) in [6, 6.07) is 3.94. The maximum Gasteiger partial charge on any atom is 0.137 e. The van der Waals surface area contributed by atoms with E-state index in [1.165, 1.54) is 4.90 Å². The summed E-state index contributed by atoms with van der Waals surface area (Å²) in [5.41, 5.74) is 3.58. The van der Waals surface area contributed by atoms with Gasteiger partial charge in [-0.3, -0.25) is 4.40 Å². The van der Waals surface area contributed by atoms with Gasteiger partial charge in [-0.2, -0.15) is 0 Å². The van der Waals surface area contributed by atoms with Crippen LogP contribution in [-0.2, 0) is 17.8 Å². The number of carboxylic acid groups (broad SMARTS) is 1. The second-order valence-corrected chi connectivity index (χ2v) is 5.92. The number of aliphatic carboxylic acids is 1. The smallest absolute Gasteiger partial charge is 0.137 e. The first-order valence-corrected chi connectivity index (χ1v) is 8.05. The van der Waals surface area contributed by atoms with Gasteiger partial charge in [-0.15, -0.1) is 0 Å². The molecule has 0 saturated carbocycles. The number of nitrogens with zero attached hydrogens (tertiary/aromatic N) is 2. The first-order valence-electron chi connectivity index (χ1n) is 8.05. The number of carbonyl (C=O) groups excluding carboxylic acids is 1. The fraction of sp³-hybridized carbons (Fsp3) is 0.529. The van der Waals surface area contributed by atoms with E-state index in [-0.39, 0.29) is 6.42 Å². The highest BCUT2D eigenvalue weighted by Crippen LogP contribution is 2.14. The predicted molar refractivity (Wildman–Crippen MR) is 83.6 cm³/mol. The van der Waals surface area contributed by atoms with Gasteiger partial charge in [0, 0.05) is 18.6 Å². The van der Waals surface area contributed by atoms with Crippen LogP contribution in [0.3, 0.4) is 0 Å². The molecule has 0 aliphatic carbocycles. The van der Waals surface area contributed by atoms with E-state index in [0.717, 1.165) is 49.4 Å². The minimum absolute atomic E-state index is 0.123. The van der Waals surface area contributed by atoms with Crippen LogP contribution in [-0.4, -0.2) is 28.4 Å². The Bertz CT molecular complexity index is 643. The summed E-state index contributed by atoms with van der Waals surface area (Å²) in [5.74, 6) is -1.08. The Labute approximate surface area is 131 Å². The topological polar surface area (TPSA) is 61.9 Å². The zero-order valence-corrected chi connectivity index (χ0v) is 13.7. The van der Waals surface area contributed by atoms with Gasteiger partial charge >= 0.3 is 0 Å². The van der Waals surface area contributed by atoms with Crippen molar-refractivity contribution in [2.24, 2.45) is 0 Å². The molecule has 0 saturated heterocycles. The number of aryl methyl sites for hydroxylation is 1. The molecular formula is C17H25N3O2. The third-order valence-electron chi connectivity index (χ3n) is 3.88. The number of quaternary nitrogens is 1. The van der Waals surface area contributed by atoms with Crippen molar-refractivity contribution in [2.45, 2.75) is 46.6 Å². The number of pyridine rings is 1. The maximum absolute atomic E-state index is 11.0. The average Bonchev–Trinajstić information content (AvgIpc) is 2.76. The van der Waals surface area contributed by atoms with Gasteiger partial charge < -0.3 is 14.8 Å². The Morgan fingerprint density at radius 1 is 1.27 bits per heavy atom. The van der Waals surface area contributed by atoms with Crippen LogP contribution < -0.4 is 10.0 Å². The van der Waals surface area contributed by atoms with Gasteiger partial charge in [0.1, 0.15) is 17.9 Å². The lowest BCUT2D eigenvalue weighted by Crippen LogP contribution is -3.10. The van der Waals surface area contributed by atoms with Crippen LogP contribution in [0.25, 0.3) is 5.65 Å². The molecule has 0 spiro atoms. The number of nitrogens with one attached hydrogen (secondary N) is 1. The number of aromatic nitrogens is 2. The van der Waals surface area contributed by atoms with Gasteiger partial charge in [-0.25, -0.2) is 4.98 Å². The molecule has 1 N–H and O–H groups in total. The summed E-state index contributed by atoms with van der Waals surface area (Å²) >= 11 is 0.